The zero-order chi connectivity index (χ0) is 17.4. The van der Waals surface area contributed by atoms with Crippen molar-refractivity contribution in [3.05, 3.63) is 64.2 Å². The third-order valence-corrected chi connectivity index (χ3v) is 3.31. The molecule has 0 heterocycles. The number of aliphatic hydroxyl groups is 1. The Labute approximate surface area is 140 Å². The number of hydrogen-bond acceptors (Lipinski definition) is 6. The van der Waals surface area contributed by atoms with Crippen LogP contribution < -0.4 is 14.8 Å². The Balaban J connectivity index is 1.74. The van der Waals surface area contributed by atoms with E-state index in [1.807, 2.05) is 24.3 Å². The molecule has 0 bridgehead atoms. The number of nitrogens with zero attached hydrogens (tertiary/aromatic N) is 1. The van der Waals surface area contributed by atoms with Crippen LogP contribution in [0.3, 0.4) is 0 Å². The van der Waals surface area contributed by atoms with Crippen LogP contribution in [0.1, 0.15) is 5.56 Å². The number of methoxy groups -OCH3 is 1. The molecule has 2 aromatic rings. The van der Waals surface area contributed by atoms with Crippen molar-refractivity contribution >= 4 is 5.69 Å². The summed E-state index contributed by atoms with van der Waals surface area (Å²) in [4.78, 5) is 10.2. The van der Waals surface area contributed by atoms with Crippen LogP contribution in [-0.4, -0.2) is 36.4 Å². The topological polar surface area (TPSA) is 93.9 Å². The zero-order valence-electron chi connectivity index (χ0n) is 13.3. The second-order valence-corrected chi connectivity index (χ2v) is 5.20. The molecule has 0 saturated carbocycles. The molecule has 2 rings (SSSR count). The molecule has 24 heavy (non-hydrogen) atoms. The van der Waals surface area contributed by atoms with Crippen LogP contribution >= 0.6 is 0 Å². The first-order valence-electron chi connectivity index (χ1n) is 7.47. The van der Waals surface area contributed by atoms with Crippen molar-refractivity contribution in [2.75, 3.05) is 20.3 Å². The van der Waals surface area contributed by atoms with Crippen molar-refractivity contribution in [1.29, 1.82) is 0 Å². The summed E-state index contributed by atoms with van der Waals surface area (Å²) in [5.74, 6) is 1.14. The summed E-state index contributed by atoms with van der Waals surface area (Å²) >= 11 is 0. The lowest BCUT2D eigenvalue weighted by Gasteiger charge is -2.13. The number of ether oxygens (including phenoxy) is 2. The van der Waals surface area contributed by atoms with Crippen LogP contribution in [-0.2, 0) is 6.54 Å². The maximum Gasteiger partial charge on any atom is 0.273 e. The number of nitrogens with one attached hydrogen (secondary N) is 1. The molecule has 0 aromatic heterocycles. The van der Waals surface area contributed by atoms with E-state index in [9.17, 15) is 15.2 Å². The molecule has 128 valence electrons. The summed E-state index contributed by atoms with van der Waals surface area (Å²) < 4.78 is 10.5. The minimum atomic E-state index is -0.727. The fourth-order valence-corrected chi connectivity index (χ4v) is 2.10. The molecule has 7 heteroatoms. The molecule has 0 aliphatic carbocycles. The zero-order valence-corrected chi connectivity index (χ0v) is 13.3. The Morgan fingerprint density at radius 1 is 1.21 bits per heavy atom. The molecule has 0 radical (unpaired) electrons. The predicted octanol–water partition coefficient (Wildman–Crippen LogP) is 2.13. The van der Waals surface area contributed by atoms with Gasteiger partial charge < -0.3 is 19.9 Å². The van der Waals surface area contributed by atoms with E-state index in [2.05, 4.69) is 5.32 Å². The Morgan fingerprint density at radius 3 is 2.71 bits per heavy atom. The molecule has 0 aliphatic heterocycles. The summed E-state index contributed by atoms with van der Waals surface area (Å²) in [5, 5.41) is 23.7. The second-order valence-electron chi connectivity index (χ2n) is 5.20. The number of benzene rings is 2. The van der Waals surface area contributed by atoms with Gasteiger partial charge in [-0.3, -0.25) is 10.1 Å². The van der Waals surface area contributed by atoms with Gasteiger partial charge in [0.25, 0.3) is 5.69 Å². The molecule has 2 N–H and O–H groups in total. The Hall–Kier alpha value is -2.64. The van der Waals surface area contributed by atoms with Crippen molar-refractivity contribution in [2.45, 2.75) is 12.6 Å². The Morgan fingerprint density at radius 2 is 1.96 bits per heavy atom. The fraction of sp³-hybridized carbons (Fsp3) is 0.294. The highest BCUT2D eigenvalue weighted by molar-refractivity contribution is 5.37. The van der Waals surface area contributed by atoms with Crippen LogP contribution in [0.5, 0.6) is 11.5 Å². The largest absolute Gasteiger partial charge is 0.497 e. The highest BCUT2D eigenvalue weighted by Gasteiger charge is 2.09. The van der Waals surface area contributed by atoms with Crippen molar-refractivity contribution in [3.63, 3.8) is 0 Å². The molecule has 0 amide bonds. The minimum Gasteiger partial charge on any atom is -0.497 e. The maximum absolute atomic E-state index is 10.7. The highest BCUT2D eigenvalue weighted by atomic mass is 16.6. The number of nitro benzene ring substituents is 1. The van der Waals surface area contributed by atoms with Gasteiger partial charge in [-0.2, -0.15) is 0 Å². The lowest BCUT2D eigenvalue weighted by molar-refractivity contribution is -0.384. The molecule has 0 aliphatic rings. The molecule has 1 atom stereocenters. The van der Waals surface area contributed by atoms with Crippen LogP contribution in [0, 0.1) is 10.1 Å². The van der Waals surface area contributed by atoms with E-state index in [-0.39, 0.29) is 12.3 Å². The number of nitro groups is 1. The molecule has 0 unspecified atom stereocenters. The minimum absolute atomic E-state index is 0.0434. The van der Waals surface area contributed by atoms with E-state index in [0.29, 0.717) is 18.8 Å². The molecular weight excluding hydrogens is 312 g/mol. The summed E-state index contributed by atoms with van der Waals surface area (Å²) in [6.07, 6.45) is -0.727. The molecule has 7 nitrogen and oxygen atoms in total. The van der Waals surface area contributed by atoms with E-state index in [1.165, 1.54) is 12.1 Å². The van der Waals surface area contributed by atoms with Gasteiger partial charge in [0, 0.05) is 19.2 Å². The Bertz CT molecular complexity index is 678. The van der Waals surface area contributed by atoms with Crippen LogP contribution in [0.4, 0.5) is 5.69 Å². The second kappa shape index (κ2) is 8.85. The fourth-order valence-electron chi connectivity index (χ4n) is 2.10. The van der Waals surface area contributed by atoms with Crippen molar-refractivity contribution in [1.82, 2.24) is 5.32 Å². The van der Waals surface area contributed by atoms with Gasteiger partial charge in [0.05, 0.1) is 18.1 Å². The van der Waals surface area contributed by atoms with E-state index in [0.717, 1.165) is 11.3 Å². The molecule has 2 aromatic carbocycles. The first kappa shape index (κ1) is 17.7. The van der Waals surface area contributed by atoms with Gasteiger partial charge in [0.15, 0.2) is 0 Å². The van der Waals surface area contributed by atoms with Gasteiger partial charge >= 0.3 is 0 Å². The number of non-ortho nitro benzene ring substituents is 1. The molecule has 0 fully saturated rings. The lowest BCUT2D eigenvalue weighted by Crippen LogP contribution is -2.31. The van der Waals surface area contributed by atoms with Gasteiger partial charge in [0.2, 0.25) is 0 Å². The van der Waals surface area contributed by atoms with Crippen LogP contribution in [0.15, 0.2) is 48.5 Å². The van der Waals surface area contributed by atoms with Crippen molar-refractivity contribution in [3.8, 4) is 11.5 Å². The monoisotopic (exact) mass is 332 g/mol. The molecule has 0 spiro atoms. The summed E-state index contributed by atoms with van der Waals surface area (Å²) in [7, 11) is 1.61. The van der Waals surface area contributed by atoms with E-state index < -0.39 is 11.0 Å². The van der Waals surface area contributed by atoms with Gasteiger partial charge in [-0.05, 0) is 23.8 Å². The number of aliphatic hydroxyl groups excluding tert-OH is 1. The van der Waals surface area contributed by atoms with E-state index in [1.54, 1.807) is 19.2 Å². The van der Waals surface area contributed by atoms with Gasteiger partial charge in [0.1, 0.15) is 24.2 Å². The third-order valence-electron chi connectivity index (χ3n) is 3.31. The Kier molecular flexibility index (Phi) is 6.53. The lowest BCUT2D eigenvalue weighted by atomic mass is 10.2. The first-order chi connectivity index (χ1) is 11.6. The first-order valence-corrected chi connectivity index (χ1v) is 7.47. The average molecular weight is 332 g/mol. The SMILES string of the molecule is COc1cccc(CNC[C@@H](O)COc2cccc([N+](=O)[O-])c2)c1. The third kappa shape index (κ3) is 5.53. The predicted molar refractivity (Wildman–Crippen MR) is 89.3 cm³/mol. The smallest absolute Gasteiger partial charge is 0.273 e. The van der Waals surface area contributed by atoms with Gasteiger partial charge in [-0.1, -0.05) is 18.2 Å². The average Bonchev–Trinajstić information content (AvgIpc) is 2.60. The molecular formula is C17H20N2O5. The number of rotatable bonds is 9. The van der Waals surface area contributed by atoms with E-state index in [4.69, 9.17) is 9.47 Å². The summed E-state index contributed by atoms with van der Waals surface area (Å²) in [6, 6.07) is 13.5. The van der Waals surface area contributed by atoms with Gasteiger partial charge in [-0.15, -0.1) is 0 Å². The standard InChI is InChI=1S/C17H20N2O5/c1-23-16-6-2-4-13(8-16)10-18-11-15(20)12-24-17-7-3-5-14(9-17)19(21)22/h2-9,15,18,20H,10-12H2,1H3/t15-/m1/s1. The normalized spacial score (nSPS) is 11.8. The number of hydrogen-bond donors (Lipinski definition) is 2. The van der Waals surface area contributed by atoms with Crippen molar-refractivity contribution in [2.24, 2.45) is 0 Å². The summed E-state index contributed by atoms with van der Waals surface area (Å²) in [6.45, 7) is 0.976. The van der Waals surface area contributed by atoms with E-state index >= 15 is 0 Å². The van der Waals surface area contributed by atoms with Crippen LogP contribution in [0.2, 0.25) is 0 Å². The highest BCUT2D eigenvalue weighted by Crippen LogP contribution is 2.19. The quantitative estimate of drug-likeness (QED) is 0.540. The van der Waals surface area contributed by atoms with Crippen LogP contribution in [0.25, 0.3) is 0 Å². The maximum atomic E-state index is 10.7. The van der Waals surface area contributed by atoms with Gasteiger partial charge in [-0.25, -0.2) is 0 Å². The van der Waals surface area contributed by atoms with Crippen molar-refractivity contribution < 1.29 is 19.5 Å². The summed E-state index contributed by atoms with van der Waals surface area (Å²) in [5.41, 5.74) is 0.999. The molecule has 0 saturated heterocycles.